The van der Waals surface area contributed by atoms with Gasteiger partial charge in [-0.25, -0.2) is 4.39 Å². The third-order valence-electron chi connectivity index (χ3n) is 1.94. The maximum Gasteiger partial charge on any atom is 0.129 e. The summed E-state index contributed by atoms with van der Waals surface area (Å²) in [7, 11) is 0. The molecule has 0 radical (unpaired) electrons. The first-order valence-electron chi connectivity index (χ1n) is 4.29. The lowest BCUT2D eigenvalue weighted by Gasteiger charge is -2.05. The van der Waals surface area contributed by atoms with E-state index in [0.29, 0.717) is 29.1 Å². The van der Waals surface area contributed by atoms with Crippen LogP contribution in [0.5, 0.6) is 0 Å². The van der Waals surface area contributed by atoms with E-state index in [1.807, 2.05) is 0 Å². The summed E-state index contributed by atoms with van der Waals surface area (Å²) in [5.41, 5.74) is 6.61. The van der Waals surface area contributed by atoms with Crippen molar-refractivity contribution >= 4 is 11.6 Å². The van der Waals surface area contributed by atoms with Gasteiger partial charge >= 0.3 is 0 Å². The van der Waals surface area contributed by atoms with E-state index in [1.165, 1.54) is 0 Å². The fourth-order valence-corrected chi connectivity index (χ4v) is 1.56. The van der Waals surface area contributed by atoms with Crippen LogP contribution < -0.4 is 5.73 Å². The van der Waals surface area contributed by atoms with Crippen molar-refractivity contribution in [3.8, 4) is 0 Å². The normalized spacial score (nSPS) is 10.5. The van der Waals surface area contributed by atoms with Crippen molar-refractivity contribution in [1.29, 1.82) is 0 Å². The highest BCUT2D eigenvalue weighted by molar-refractivity contribution is 6.30. The number of aryl methyl sites for hydroxylation is 2. The molecule has 0 aromatic heterocycles. The Bertz CT molecular complexity index is 299. The minimum atomic E-state index is -0.155. The lowest BCUT2D eigenvalue weighted by molar-refractivity contribution is 0.596. The first kappa shape index (κ1) is 10.5. The van der Waals surface area contributed by atoms with Gasteiger partial charge in [0.15, 0.2) is 0 Å². The summed E-state index contributed by atoms with van der Waals surface area (Å²) in [6.07, 6.45) is 1.44. The van der Waals surface area contributed by atoms with Crippen molar-refractivity contribution in [2.75, 3.05) is 6.54 Å². The monoisotopic (exact) mass is 201 g/mol. The van der Waals surface area contributed by atoms with Crippen molar-refractivity contribution in [2.45, 2.75) is 19.8 Å². The van der Waals surface area contributed by atoms with Gasteiger partial charge in [0, 0.05) is 5.02 Å². The maximum absolute atomic E-state index is 13.4. The molecule has 0 atom stereocenters. The number of halogens is 2. The molecule has 0 bridgehead atoms. The highest BCUT2D eigenvalue weighted by Gasteiger charge is 2.06. The van der Waals surface area contributed by atoms with Crippen LogP contribution in [0.15, 0.2) is 12.1 Å². The van der Waals surface area contributed by atoms with Gasteiger partial charge in [-0.05, 0) is 49.6 Å². The van der Waals surface area contributed by atoms with Crippen LogP contribution in [0.2, 0.25) is 5.02 Å². The predicted molar refractivity (Wildman–Crippen MR) is 53.5 cm³/mol. The third-order valence-corrected chi connectivity index (χ3v) is 2.16. The summed E-state index contributed by atoms with van der Waals surface area (Å²) in [6, 6.07) is 3.29. The third kappa shape index (κ3) is 2.68. The van der Waals surface area contributed by atoms with Crippen molar-refractivity contribution in [3.63, 3.8) is 0 Å². The fourth-order valence-electron chi connectivity index (χ4n) is 1.27. The van der Waals surface area contributed by atoms with E-state index in [9.17, 15) is 4.39 Å². The molecule has 0 aliphatic rings. The topological polar surface area (TPSA) is 26.0 Å². The predicted octanol–water partition coefficient (Wildman–Crippen LogP) is 2.68. The standard InChI is InChI=1S/C10H13ClFN/c1-7-5-9(11)6-8(10(7)12)3-2-4-13/h5-6H,2-4,13H2,1H3. The second-order valence-corrected chi connectivity index (χ2v) is 3.52. The molecule has 1 nitrogen and oxygen atoms in total. The van der Waals surface area contributed by atoms with Crippen LogP contribution in [0.3, 0.4) is 0 Å². The number of hydrogen-bond acceptors (Lipinski definition) is 1. The van der Waals surface area contributed by atoms with Gasteiger partial charge in [0.2, 0.25) is 0 Å². The fraction of sp³-hybridized carbons (Fsp3) is 0.400. The van der Waals surface area contributed by atoms with E-state index in [1.54, 1.807) is 19.1 Å². The summed E-state index contributed by atoms with van der Waals surface area (Å²) in [5, 5.41) is 0.589. The Labute approximate surface area is 82.7 Å². The van der Waals surface area contributed by atoms with E-state index in [-0.39, 0.29) is 5.82 Å². The molecule has 72 valence electrons. The Balaban J connectivity index is 2.92. The number of nitrogens with two attached hydrogens (primary N) is 1. The van der Waals surface area contributed by atoms with Crippen LogP contribution in [0.1, 0.15) is 17.5 Å². The molecule has 0 saturated heterocycles. The molecule has 0 unspecified atom stereocenters. The van der Waals surface area contributed by atoms with Crippen LogP contribution in [0.25, 0.3) is 0 Å². The molecule has 13 heavy (non-hydrogen) atoms. The van der Waals surface area contributed by atoms with Gasteiger partial charge < -0.3 is 5.73 Å². The van der Waals surface area contributed by atoms with Crippen molar-refractivity contribution in [1.82, 2.24) is 0 Å². The van der Waals surface area contributed by atoms with Crippen molar-refractivity contribution < 1.29 is 4.39 Å². The van der Waals surface area contributed by atoms with Crippen LogP contribution >= 0.6 is 11.6 Å². The summed E-state index contributed by atoms with van der Waals surface area (Å²) in [4.78, 5) is 0. The van der Waals surface area contributed by atoms with Crippen LogP contribution in [-0.4, -0.2) is 6.54 Å². The van der Waals surface area contributed by atoms with Gasteiger partial charge in [-0.15, -0.1) is 0 Å². The van der Waals surface area contributed by atoms with E-state index < -0.39 is 0 Å². The summed E-state index contributed by atoms with van der Waals surface area (Å²) in [6.45, 7) is 2.29. The van der Waals surface area contributed by atoms with Gasteiger partial charge in [0.25, 0.3) is 0 Å². The van der Waals surface area contributed by atoms with E-state index in [0.717, 1.165) is 6.42 Å². The zero-order valence-electron chi connectivity index (χ0n) is 7.61. The molecule has 1 aromatic rings. The average Bonchev–Trinajstić information content (AvgIpc) is 2.09. The van der Waals surface area contributed by atoms with Gasteiger partial charge in [-0.1, -0.05) is 11.6 Å². The van der Waals surface area contributed by atoms with Crippen molar-refractivity contribution in [2.24, 2.45) is 5.73 Å². The Morgan fingerprint density at radius 1 is 1.46 bits per heavy atom. The molecule has 0 aliphatic carbocycles. The van der Waals surface area contributed by atoms with E-state index >= 15 is 0 Å². The largest absolute Gasteiger partial charge is 0.330 e. The molecule has 0 fully saturated rings. The minimum absolute atomic E-state index is 0.155. The molecule has 1 rings (SSSR count). The highest BCUT2D eigenvalue weighted by atomic mass is 35.5. The van der Waals surface area contributed by atoms with Gasteiger partial charge in [-0.3, -0.25) is 0 Å². The molecule has 0 spiro atoms. The molecule has 2 N–H and O–H groups in total. The molecule has 1 aromatic carbocycles. The quantitative estimate of drug-likeness (QED) is 0.800. The lowest BCUT2D eigenvalue weighted by Crippen LogP contribution is -2.02. The summed E-state index contributed by atoms with van der Waals surface area (Å²) >= 11 is 5.80. The lowest BCUT2D eigenvalue weighted by atomic mass is 10.1. The molecule has 3 heteroatoms. The Kier molecular flexibility index (Phi) is 3.70. The van der Waals surface area contributed by atoms with Gasteiger partial charge in [-0.2, -0.15) is 0 Å². The number of benzene rings is 1. The Morgan fingerprint density at radius 3 is 2.77 bits per heavy atom. The SMILES string of the molecule is Cc1cc(Cl)cc(CCCN)c1F. The second kappa shape index (κ2) is 4.58. The first-order chi connectivity index (χ1) is 6.15. The van der Waals surface area contributed by atoms with Gasteiger partial charge in [0.1, 0.15) is 5.82 Å². The first-order valence-corrected chi connectivity index (χ1v) is 4.67. The van der Waals surface area contributed by atoms with Gasteiger partial charge in [0.05, 0.1) is 0 Å². The summed E-state index contributed by atoms with van der Waals surface area (Å²) < 4.78 is 13.4. The molecular weight excluding hydrogens is 189 g/mol. The molecule has 0 heterocycles. The highest BCUT2D eigenvalue weighted by Crippen LogP contribution is 2.20. The Morgan fingerprint density at radius 2 is 2.15 bits per heavy atom. The minimum Gasteiger partial charge on any atom is -0.330 e. The average molecular weight is 202 g/mol. The summed E-state index contributed by atoms with van der Waals surface area (Å²) in [5.74, 6) is -0.155. The van der Waals surface area contributed by atoms with E-state index in [4.69, 9.17) is 17.3 Å². The zero-order chi connectivity index (χ0) is 9.84. The number of rotatable bonds is 3. The van der Waals surface area contributed by atoms with E-state index in [2.05, 4.69) is 0 Å². The molecular formula is C10H13ClFN. The maximum atomic E-state index is 13.4. The Hall–Kier alpha value is -0.600. The van der Waals surface area contributed by atoms with Crippen LogP contribution in [0, 0.1) is 12.7 Å². The zero-order valence-corrected chi connectivity index (χ0v) is 8.37. The van der Waals surface area contributed by atoms with Crippen LogP contribution in [0.4, 0.5) is 4.39 Å². The van der Waals surface area contributed by atoms with Crippen molar-refractivity contribution in [3.05, 3.63) is 34.1 Å². The smallest absolute Gasteiger partial charge is 0.129 e. The molecule has 0 aliphatic heterocycles. The number of hydrogen-bond donors (Lipinski definition) is 1. The second-order valence-electron chi connectivity index (χ2n) is 3.09. The molecule has 0 amide bonds. The molecule has 0 saturated carbocycles. The van der Waals surface area contributed by atoms with Crippen LogP contribution in [-0.2, 0) is 6.42 Å².